The summed E-state index contributed by atoms with van der Waals surface area (Å²) in [4.78, 5) is 147. The topological polar surface area (TPSA) is 355 Å². The van der Waals surface area contributed by atoms with Crippen molar-refractivity contribution in [2.45, 2.75) is 152 Å². The molecule has 2 saturated heterocycles. The van der Waals surface area contributed by atoms with Gasteiger partial charge >= 0.3 is 6.09 Å². The molecule has 1 aromatic heterocycles. The molecule has 2 fully saturated rings. The summed E-state index contributed by atoms with van der Waals surface area (Å²) in [5.74, 6) is -11.9. The molecule has 0 spiro atoms. The molecule has 0 saturated carbocycles. The van der Waals surface area contributed by atoms with Crippen LogP contribution in [-0.4, -0.2) is 182 Å². The first-order valence-electron chi connectivity index (χ1n) is 27.3. The number of ketones is 2. The predicted molar refractivity (Wildman–Crippen MR) is 295 cm³/mol. The zero-order valence-corrected chi connectivity index (χ0v) is 48.4. The molecule has 4 aliphatic heterocycles. The molecule has 8 amide bonds. The third-order valence-corrected chi connectivity index (χ3v) is 18.3. The third kappa shape index (κ3) is 15.9. The number of hydrogen-bond acceptors (Lipinski definition) is 16. The van der Waals surface area contributed by atoms with E-state index in [0.717, 1.165) is 4.90 Å². The number of benzene rings is 1. The van der Waals surface area contributed by atoms with Crippen molar-refractivity contribution in [3.63, 3.8) is 0 Å². The van der Waals surface area contributed by atoms with Crippen molar-refractivity contribution in [2.75, 3.05) is 52.2 Å². The normalized spacial score (nSPS) is 26.9. The van der Waals surface area contributed by atoms with Crippen LogP contribution in [0.3, 0.4) is 0 Å². The largest absolute Gasteiger partial charge is 0.496 e. The Balaban J connectivity index is 1.54. The van der Waals surface area contributed by atoms with E-state index < -0.39 is 168 Å². The van der Waals surface area contributed by atoms with Crippen LogP contribution in [0.5, 0.6) is 5.75 Å². The number of amides is 8. The Bertz CT molecular complexity index is 2710. The second-order valence-corrected chi connectivity index (χ2v) is 25.3. The van der Waals surface area contributed by atoms with Crippen LogP contribution in [0.15, 0.2) is 17.2 Å². The summed E-state index contributed by atoms with van der Waals surface area (Å²) in [5, 5.41) is 34.6. The number of hydrogen-bond donors (Lipinski definition) is 9. The van der Waals surface area contributed by atoms with Gasteiger partial charge in [0, 0.05) is 72.2 Å². The number of methoxy groups -OCH3 is 1. The second-order valence-electron chi connectivity index (χ2n) is 22.6. The number of H-pyrrole nitrogens is 1. The Morgan fingerprint density at radius 3 is 2.25 bits per heavy atom. The van der Waals surface area contributed by atoms with Crippen molar-refractivity contribution in [3.8, 4) is 5.75 Å². The van der Waals surface area contributed by atoms with Gasteiger partial charge in [-0.05, 0) is 76.0 Å². The van der Waals surface area contributed by atoms with E-state index in [1.54, 1.807) is 70.3 Å². The number of aromatic nitrogens is 1. The zero-order chi connectivity index (χ0) is 58.9. The summed E-state index contributed by atoms with van der Waals surface area (Å²) in [5.41, 5.74) is 6.23. The number of likely N-dealkylation sites (tertiary alicyclic amines) is 1. The molecule has 0 radical (unpaired) electrons. The molecule has 80 heavy (non-hydrogen) atoms. The van der Waals surface area contributed by atoms with Gasteiger partial charge < -0.3 is 66.8 Å². The summed E-state index contributed by atoms with van der Waals surface area (Å²) >= 11 is 1.59. The first-order chi connectivity index (χ1) is 37.7. The fraction of sp³-hybridized carbons (Fsp3) is 0.667. The maximum Gasteiger partial charge on any atom is 0.410 e. The van der Waals surface area contributed by atoms with E-state index in [2.05, 4.69) is 31.6 Å². The molecule has 0 aliphatic carbocycles. The van der Waals surface area contributed by atoms with E-state index in [1.807, 2.05) is 0 Å². The minimum atomic E-state index is -2.36. The maximum atomic E-state index is 15.4. The number of primary amides is 1. The van der Waals surface area contributed by atoms with E-state index in [9.17, 15) is 53.4 Å². The number of ether oxygens (including phenoxy) is 2. The van der Waals surface area contributed by atoms with E-state index >= 15 is 9.00 Å². The lowest BCUT2D eigenvalue weighted by Gasteiger charge is -2.33. The molecule has 1 unspecified atom stereocenters. The number of nitrogens with one attached hydrogen (secondary N) is 6. The lowest BCUT2D eigenvalue weighted by Crippen LogP contribution is -2.60. The number of aliphatic hydroxyl groups is 2. The van der Waals surface area contributed by atoms with Crippen LogP contribution in [0.2, 0.25) is 0 Å². The number of aliphatic hydroxyl groups excluding tert-OH is 2. The zero-order valence-electron chi connectivity index (χ0n) is 46.8. The predicted octanol–water partition coefficient (Wildman–Crippen LogP) is 0.472. The summed E-state index contributed by atoms with van der Waals surface area (Å²) in [7, 11) is -0.885. The lowest BCUT2D eigenvalue weighted by atomic mass is 9.85. The highest BCUT2D eigenvalue weighted by molar-refractivity contribution is 7.99. The van der Waals surface area contributed by atoms with E-state index in [1.165, 1.54) is 14.0 Å². The number of nitrogens with zero attached hydrogens (tertiary/aromatic N) is 2. The van der Waals surface area contributed by atoms with E-state index in [4.69, 9.17) is 15.2 Å². The quantitative estimate of drug-likeness (QED) is 0.148. The van der Waals surface area contributed by atoms with Gasteiger partial charge in [0.1, 0.15) is 34.5 Å². The van der Waals surface area contributed by atoms with Crippen molar-refractivity contribution in [3.05, 3.63) is 23.3 Å². The number of carbonyl (C=O) groups is 10. The van der Waals surface area contributed by atoms with Crippen LogP contribution in [0.4, 0.5) is 4.79 Å². The van der Waals surface area contributed by atoms with Crippen molar-refractivity contribution < 1.29 is 71.8 Å². The SMILES string of the molecule is CC[C@H](C)[C@@H]1CC(=O)CNC(=O)[C@H]2CC(=O)[C@H]([C@@H](C)[C@@H](O)CO)NC(=O)[C@@H]3C[C@@H](C)CN3C(=O)[C@H](CC(N)=O)NC(=O)[C@H](CS(=O)c3[nH]c4c(CSC5CCN(C(=O)OC(C)(C)C)CC5)c(OC)ccc4c3C2)NC(=O)CNC1=O. The molecule has 1 aromatic carbocycles. The first-order valence-corrected chi connectivity index (χ1v) is 29.7. The molecule has 6 rings (SSSR count). The fourth-order valence-electron chi connectivity index (χ4n) is 10.7. The smallest absolute Gasteiger partial charge is 0.410 e. The maximum absolute atomic E-state index is 15.4. The monoisotopic (exact) mass is 1160 g/mol. The van der Waals surface area contributed by atoms with Gasteiger partial charge in [-0.1, -0.05) is 34.1 Å². The number of aromatic amines is 1. The Labute approximate surface area is 472 Å². The van der Waals surface area contributed by atoms with Crippen LogP contribution in [0, 0.1) is 29.6 Å². The van der Waals surface area contributed by atoms with Crippen LogP contribution in [0.1, 0.15) is 105 Å². The molecule has 4 aliphatic rings. The van der Waals surface area contributed by atoms with Gasteiger partial charge in [0.2, 0.25) is 41.4 Å². The molecule has 2 aromatic rings. The minimum absolute atomic E-state index is 0.0435. The number of fused-ring (bicyclic) bond motifs is 5. The highest BCUT2D eigenvalue weighted by Crippen LogP contribution is 2.39. The van der Waals surface area contributed by atoms with Gasteiger partial charge in [-0.2, -0.15) is 11.8 Å². The summed E-state index contributed by atoms with van der Waals surface area (Å²) in [6.45, 7) is 10.8. The molecular weight excluding hydrogens is 1080 g/mol. The number of thioether (sulfide) groups is 1. The van der Waals surface area contributed by atoms with Gasteiger partial charge in [-0.15, -0.1) is 0 Å². The standard InChI is InChI=1S/C54H79N9O15S2/c1-9-28(3)34-19-31(65)21-56-47(70)30-17-35-33-10-11-42(77-8)36(25-79-32-12-14-62(15-13-32)53(75)78-54(5,6)7)46(33)61-51(35)80(76)26-38(58-44(69)22-57-48(34)71)49(72)59-37(20-43(55)68)52(74)63-23-27(2)16-39(63)50(73)60-45(40(66)18-30)29(4)41(67)24-64/h10-11,27-30,32,34,37-39,41,45,61,64,67H,9,12-26H2,1-8H3,(H2,55,68)(H,56,70)(H,57,71)(H,58,69)(H,59,72)(H,60,73)/t27-,28+,29+,30-,34+,37+,38+,39+,41+,45+,80?/m1/s1. The molecule has 24 nitrogen and oxygen atoms in total. The lowest BCUT2D eigenvalue weighted by molar-refractivity contribution is -0.143. The highest BCUT2D eigenvalue weighted by atomic mass is 32.2. The van der Waals surface area contributed by atoms with Crippen LogP contribution in [-0.2, 0) is 70.9 Å². The van der Waals surface area contributed by atoms with Crippen molar-refractivity contribution in [2.24, 2.45) is 35.3 Å². The van der Waals surface area contributed by atoms with Crippen molar-refractivity contribution in [1.29, 1.82) is 0 Å². The number of nitrogens with two attached hydrogens (primary N) is 1. The van der Waals surface area contributed by atoms with Gasteiger partial charge in [0.15, 0.2) is 11.6 Å². The molecule has 10 N–H and O–H groups in total. The summed E-state index contributed by atoms with van der Waals surface area (Å²) in [6.07, 6.45) is -2.38. The van der Waals surface area contributed by atoms with Crippen molar-refractivity contribution in [1.82, 2.24) is 41.4 Å². The Morgan fingerprint density at radius 1 is 0.925 bits per heavy atom. The van der Waals surface area contributed by atoms with E-state index in [0.29, 0.717) is 60.3 Å². The molecular formula is C54H79N9O15S2. The Morgan fingerprint density at radius 2 is 1.61 bits per heavy atom. The average Bonchev–Trinajstić information content (AvgIpc) is 3.99. The molecule has 5 heterocycles. The third-order valence-electron chi connectivity index (χ3n) is 15.4. The number of carbonyl (C=O) groups excluding carboxylic acids is 10. The van der Waals surface area contributed by atoms with Crippen LogP contribution in [0.25, 0.3) is 10.9 Å². The highest BCUT2D eigenvalue weighted by Gasteiger charge is 2.45. The number of Topliss-reactive ketones (excluding diaryl/α,β-unsaturated/α-hetero) is 2. The fourth-order valence-corrected chi connectivity index (χ4v) is 13.3. The summed E-state index contributed by atoms with van der Waals surface area (Å²) in [6, 6.07) is -3.04. The van der Waals surface area contributed by atoms with Crippen LogP contribution >= 0.6 is 11.8 Å². The van der Waals surface area contributed by atoms with Crippen LogP contribution < -0.4 is 37.1 Å². The molecule has 26 heteroatoms. The second kappa shape index (κ2) is 27.6. The average molecular weight is 1160 g/mol. The van der Waals surface area contributed by atoms with E-state index in [-0.39, 0.29) is 47.6 Å². The number of piperidine rings is 1. The van der Waals surface area contributed by atoms with Gasteiger partial charge in [-0.25, -0.2) is 4.79 Å². The number of rotatable bonds is 11. The Kier molecular flexibility index (Phi) is 21.7. The van der Waals surface area contributed by atoms with Gasteiger partial charge in [0.05, 0.1) is 67.4 Å². The molecule has 2 bridgehead atoms. The Hall–Kier alpha value is -6.12. The first kappa shape index (κ1) is 63.1. The van der Waals surface area contributed by atoms with Gasteiger partial charge in [0.25, 0.3) is 0 Å². The van der Waals surface area contributed by atoms with Crippen molar-refractivity contribution >= 4 is 92.5 Å². The van der Waals surface area contributed by atoms with Gasteiger partial charge in [-0.3, -0.25) is 47.4 Å². The molecule has 11 atom stereocenters. The minimum Gasteiger partial charge on any atom is -0.496 e. The molecule has 442 valence electrons. The summed E-state index contributed by atoms with van der Waals surface area (Å²) < 4.78 is 26.8.